The Labute approximate surface area is 121 Å². The van der Waals surface area contributed by atoms with Gasteiger partial charge >= 0.3 is 12.0 Å². The molecule has 1 fully saturated rings. The molecule has 0 radical (unpaired) electrons. The number of thiazole rings is 1. The molecule has 1 aliphatic carbocycles. The Hall–Kier alpha value is -1.63. The number of carbonyl (C=O) groups excluding carboxylic acids is 1. The highest BCUT2D eigenvalue weighted by atomic mass is 32.1. The van der Waals surface area contributed by atoms with Gasteiger partial charge in [-0.1, -0.05) is 0 Å². The first kappa shape index (κ1) is 14.8. The van der Waals surface area contributed by atoms with E-state index in [0.717, 1.165) is 29.1 Å². The number of urea groups is 1. The largest absolute Gasteiger partial charge is 0.481 e. The van der Waals surface area contributed by atoms with Crippen LogP contribution in [0.5, 0.6) is 0 Å². The molecule has 1 aromatic heterocycles. The molecule has 1 aromatic rings. The molecule has 1 unspecified atom stereocenters. The fourth-order valence-corrected chi connectivity index (χ4v) is 3.12. The van der Waals surface area contributed by atoms with Gasteiger partial charge in [-0.25, -0.2) is 9.78 Å². The summed E-state index contributed by atoms with van der Waals surface area (Å²) in [7, 11) is 0. The lowest BCUT2D eigenvalue weighted by atomic mass is 9.74. The van der Waals surface area contributed by atoms with Gasteiger partial charge in [0.25, 0.3) is 0 Å². The first-order valence-electron chi connectivity index (χ1n) is 6.63. The molecule has 6 nitrogen and oxygen atoms in total. The fourth-order valence-electron chi connectivity index (χ4n) is 2.35. The minimum Gasteiger partial charge on any atom is -0.481 e. The molecule has 0 bridgehead atoms. The zero-order valence-electron chi connectivity index (χ0n) is 11.6. The summed E-state index contributed by atoms with van der Waals surface area (Å²) in [6.07, 6.45) is 4.14. The number of carboxylic acid groups (broad SMARTS) is 1. The van der Waals surface area contributed by atoms with Crippen molar-refractivity contribution in [1.29, 1.82) is 0 Å². The normalized spacial score (nSPS) is 17.9. The topological polar surface area (TPSA) is 91.3 Å². The van der Waals surface area contributed by atoms with Crippen LogP contribution in [-0.4, -0.2) is 27.6 Å². The number of hydrogen-bond acceptors (Lipinski definition) is 4. The van der Waals surface area contributed by atoms with Gasteiger partial charge in [0, 0.05) is 11.1 Å². The summed E-state index contributed by atoms with van der Waals surface area (Å²) in [6, 6.07) is -0.512. The molecule has 1 heterocycles. The number of nitrogens with zero attached hydrogens (tertiary/aromatic N) is 1. The third-order valence-corrected chi connectivity index (χ3v) is 4.63. The standard InChI is InChI=1S/C13H19N3O3S/c1-8-7-14-11(20-8)9(2)15-12(19)16-13(4-3-5-13)6-10(17)18/h7,9H,3-6H2,1-2H3,(H,17,18)(H2,15,16,19). The second-order valence-electron chi connectivity index (χ2n) is 5.33. The molecule has 1 aliphatic rings. The van der Waals surface area contributed by atoms with Crippen molar-refractivity contribution in [3.8, 4) is 0 Å². The number of hydrogen-bond donors (Lipinski definition) is 3. The number of rotatable bonds is 5. The molecule has 20 heavy (non-hydrogen) atoms. The van der Waals surface area contributed by atoms with Crippen LogP contribution in [0.2, 0.25) is 0 Å². The van der Waals surface area contributed by atoms with E-state index in [1.54, 1.807) is 6.20 Å². The summed E-state index contributed by atoms with van der Waals surface area (Å²) < 4.78 is 0. The highest BCUT2D eigenvalue weighted by molar-refractivity contribution is 7.11. The van der Waals surface area contributed by atoms with Gasteiger partial charge < -0.3 is 15.7 Å². The van der Waals surface area contributed by atoms with Gasteiger partial charge in [0.15, 0.2) is 0 Å². The van der Waals surface area contributed by atoms with Crippen molar-refractivity contribution in [2.45, 2.75) is 51.1 Å². The van der Waals surface area contributed by atoms with Crippen molar-refractivity contribution >= 4 is 23.3 Å². The van der Waals surface area contributed by atoms with Gasteiger partial charge in [-0.05, 0) is 33.1 Å². The highest BCUT2D eigenvalue weighted by Crippen LogP contribution is 2.34. The molecule has 0 aliphatic heterocycles. The summed E-state index contributed by atoms with van der Waals surface area (Å²) in [5.74, 6) is -0.881. The molecular weight excluding hydrogens is 278 g/mol. The second-order valence-corrected chi connectivity index (χ2v) is 6.60. The van der Waals surface area contributed by atoms with Crippen molar-refractivity contribution in [3.63, 3.8) is 0 Å². The van der Waals surface area contributed by atoms with E-state index in [4.69, 9.17) is 5.11 Å². The van der Waals surface area contributed by atoms with Gasteiger partial charge in [-0.3, -0.25) is 4.79 Å². The van der Waals surface area contributed by atoms with E-state index in [9.17, 15) is 9.59 Å². The van der Waals surface area contributed by atoms with Gasteiger partial charge in [0.05, 0.1) is 18.0 Å². The zero-order valence-corrected chi connectivity index (χ0v) is 12.4. The van der Waals surface area contributed by atoms with E-state index in [0.29, 0.717) is 0 Å². The van der Waals surface area contributed by atoms with Crippen LogP contribution in [0.15, 0.2) is 6.20 Å². The van der Waals surface area contributed by atoms with Crippen molar-refractivity contribution in [2.75, 3.05) is 0 Å². The maximum Gasteiger partial charge on any atom is 0.315 e. The van der Waals surface area contributed by atoms with Crippen LogP contribution >= 0.6 is 11.3 Å². The van der Waals surface area contributed by atoms with Gasteiger partial charge in [-0.2, -0.15) is 0 Å². The lowest BCUT2D eigenvalue weighted by molar-refractivity contribution is -0.139. The number of aryl methyl sites for hydroxylation is 1. The average molecular weight is 297 g/mol. The number of carboxylic acids is 1. The van der Waals surface area contributed by atoms with Gasteiger partial charge in [0.2, 0.25) is 0 Å². The Bertz CT molecular complexity index is 511. The van der Waals surface area contributed by atoms with Crippen LogP contribution in [-0.2, 0) is 4.79 Å². The highest BCUT2D eigenvalue weighted by Gasteiger charge is 2.40. The minimum absolute atomic E-state index is 0.0227. The number of aliphatic carboxylic acids is 1. The Balaban J connectivity index is 1.90. The molecule has 3 N–H and O–H groups in total. The van der Waals surface area contributed by atoms with Crippen molar-refractivity contribution in [1.82, 2.24) is 15.6 Å². The predicted octanol–water partition coefficient (Wildman–Crippen LogP) is 2.21. The van der Waals surface area contributed by atoms with Crippen molar-refractivity contribution < 1.29 is 14.7 Å². The summed E-state index contributed by atoms with van der Waals surface area (Å²) in [5, 5.41) is 15.4. The monoisotopic (exact) mass is 297 g/mol. The van der Waals surface area contributed by atoms with Crippen molar-refractivity contribution in [3.05, 3.63) is 16.1 Å². The third-order valence-electron chi connectivity index (χ3n) is 3.54. The van der Waals surface area contributed by atoms with Gasteiger partial charge in [-0.15, -0.1) is 11.3 Å². The lowest BCUT2D eigenvalue weighted by Crippen LogP contribution is -2.57. The molecule has 0 spiro atoms. The summed E-state index contributed by atoms with van der Waals surface area (Å²) >= 11 is 1.54. The number of nitrogens with one attached hydrogen (secondary N) is 2. The molecule has 0 aromatic carbocycles. The van der Waals surface area contributed by atoms with Crippen LogP contribution in [0.3, 0.4) is 0 Å². The summed E-state index contributed by atoms with van der Waals surface area (Å²) in [6.45, 7) is 3.83. The van der Waals surface area contributed by atoms with Gasteiger partial charge in [0.1, 0.15) is 5.01 Å². The number of carbonyl (C=O) groups is 2. The Kier molecular flexibility index (Phi) is 4.27. The Morgan fingerprint density at radius 2 is 2.25 bits per heavy atom. The van der Waals surface area contributed by atoms with E-state index in [1.165, 1.54) is 11.3 Å². The number of amides is 2. The van der Waals surface area contributed by atoms with Crippen LogP contribution in [0.1, 0.15) is 48.5 Å². The molecule has 2 rings (SSSR count). The fraction of sp³-hybridized carbons (Fsp3) is 0.615. The van der Waals surface area contributed by atoms with E-state index >= 15 is 0 Å². The first-order chi connectivity index (χ1) is 9.40. The maximum absolute atomic E-state index is 12.0. The third kappa shape index (κ3) is 3.47. The number of aromatic nitrogens is 1. The predicted molar refractivity (Wildman–Crippen MR) is 75.8 cm³/mol. The minimum atomic E-state index is -0.881. The summed E-state index contributed by atoms with van der Waals surface area (Å²) in [5.41, 5.74) is -0.575. The molecule has 1 saturated carbocycles. The smallest absolute Gasteiger partial charge is 0.315 e. The van der Waals surface area contributed by atoms with E-state index in [2.05, 4.69) is 15.6 Å². The molecule has 1 atom stereocenters. The molecule has 0 saturated heterocycles. The van der Waals surface area contributed by atoms with Crippen molar-refractivity contribution in [2.24, 2.45) is 0 Å². The molecule has 7 heteroatoms. The molecule has 110 valence electrons. The average Bonchev–Trinajstić information content (AvgIpc) is 2.72. The summed E-state index contributed by atoms with van der Waals surface area (Å²) in [4.78, 5) is 28.2. The van der Waals surface area contributed by atoms with Crippen LogP contribution in [0.4, 0.5) is 4.79 Å². The lowest BCUT2D eigenvalue weighted by Gasteiger charge is -2.41. The van der Waals surface area contributed by atoms with Crippen LogP contribution in [0, 0.1) is 6.92 Å². The second kappa shape index (κ2) is 5.78. The van der Waals surface area contributed by atoms with Crippen LogP contribution < -0.4 is 10.6 Å². The molecule has 2 amide bonds. The van der Waals surface area contributed by atoms with E-state index < -0.39 is 11.5 Å². The first-order valence-corrected chi connectivity index (χ1v) is 7.45. The quantitative estimate of drug-likeness (QED) is 0.777. The maximum atomic E-state index is 12.0. The van der Waals surface area contributed by atoms with E-state index in [1.807, 2.05) is 13.8 Å². The molecular formula is C13H19N3O3S. The Morgan fingerprint density at radius 3 is 2.70 bits per heavy atom. The van der Waals surface area contributed by atoms with E-state index in [-0.39, 0.29) is 18.5 Å². The Morgan fingerprint density at radius 1 is 1.55 bits per heavy atom. The SMILES string of the molecule is Cc1cnc(C(C)NC(=O)NC2(CC(=O)O)CCC2)s1. The van der Waals surface area contributed by atoms with Crippen LogP contribution in [0.25, 0.3) is 0 Å². The zero-order chi connectivity index (χ0) is 14.8.